The number of nitrogens with one attached hydrogen (secondary N) is 1. The maximum atomic E-state index is 12.0. The second kappa shape index (κ2) is 5.33. The summed E-state index contributed by atoms with van der Waals surface area (Å²) in [5, 5.41) is 11.6. The average molecular weight is 292 g/mol. The molecule has 7 nitrogen and oxygen atoms in total. The lowest BCUT2D eigenvalue weighted by atomic mass is 10.5. The van der Waals surface area contributed by atoms with Gasteiger partial charge in [-0.05, 0) is 6.07 Å². The molecule has 0 bridgehead atoms. The molecule has 0 saturated carbocycles. The van der Waals surface area contributed by atoms with E-state index in [0.29, 0.717) is 26.3 Å². The first-order valence-electron chi connectivity index (χ1n) is 5.16. The van der Waals surface area contributed by atoms with Gasteiger partial charge in [0.25, 0.3) is 10.0 Å². The van der Waals surface area contributed by atoms with Crippen molar-refractivity contribution in [2.75, 3.05) is 26.3 Å². The number of carboxylic acid groups (broad SMARTS) is 1. The Hall–Kier alpha value is -1.00. The van der Waals surface area contributed by atoms with Gasteiger partial charge < -0.3 is 9.84 Å². The van der Waals surface area contributed by atoms with E-state index in [2.05, 4.69) is 4.83 Å². The van der Waals surface area contributed by atoms with E-state index >= 15 is 0 Å². The van der Waals surface area contributed by atoms with Crippen LogP contribution in [0.15, 0.2) is 16.3 Å². The molecule has 0 radical (unpaired) electrons. The van der Waals surface area contributed by atoms with Crippen molar-refractivity contribution in [1.29, 1.82) is 0 Å². The fourth-order valence-corrected chi connectivity index (χ4v) is 3.68. The molecule has 2 N–H and O–H groups in total. The minimum atomic E-state index is -3.71. The third-order valence-electron chi connectivity index (χ3n) is 2.36. The number of hydrogen-bond acceptors (Lipinski definition) is 6. The summed E-state index contributed by atoms with van der Waals surface area (Å²) in [6, 6.07) is 1.15. The van der Waals surface area contributed by atoms with Crippen molar-refractivity contribution >= 4 is 27.3 Å². The van der Waals surface area contributed by atoms with E-state index in [-0.39, 0.29) is 9.77 Å². The van der Waals surface area contributed by atoms with E-state index < -0.39 is 16.0 Å². The van der Waals surface area contributed by atoms with Crippen LogP contribution in [-0.2, 0) is 14.8 Å². The zero-order valence-corrected chi connectivity index (χ0v) is 11.0. The average Bonchev–Trinajstić information content (AvgIpc) is 2.79. The lowest BCUT2D eigenvalue weighted by Gasteiger charge is -2.26. The SMILES string of the molecule is O=C(O)c1cc(S(=O)(=O)NN2CCOCC2)cs1. The zero-order valence-electron chi connectivity index (χ0n) is 9.33. The number of rotatable bonds is 4. The number of ether oxygens (including phenoxy) is 1. The molecule has 1 aromatic rings. The van der Waals surface area contributed by atoms with Gasteiger partial charge in [-0.15, -0.1) is 16.2 Å². The summed E-state index contributed by atoms with van der Waals surface area (Å²) >= 11 is 0.885. The van der Waals surface area contributed by atoms with Gasteiger partial charge in [-0.25, -0.2) is 18.2 Å². The molecular weight excluding hydrogens is 280 g/mol. The number of hydrazine groups is 1. The number of morpholine rings is 1. The van der Waals surface area contributed by atoms with E-state index in [0.717, 1.165) is 17.4 Å². The van der Waals surface area contributed by atoms with Crippen molar-refractivity contribution in [1.82, 2.24) is 9.84 Å². The number of nitrogens with zero attached hydrogens (tertiary/aromatic N) is 1. The van der Waals surface area contributed by atoms with Gasteiger partial charge in [0, 0.05) is 18.5 Å². The molecule has 0 aliphatic carbocycles. The molecule has 2 heterocycles. The molecule has 1 fully saturated rings. The normalized spacial score (nSPS) is 17.8. The number of thiophene rings is 1. The Bertz CT molecular complexity index is 533. The van der Waals surface area contributed by atoms with Crippen molar-refractivity contribution in [2.24, 2.45) is 0 Å². The van der Waals surface area contributed by atoms with Gasteiger partial charge in [-0.1, -0.05) is 0 Å². The second-order valence-electron chi connectivity index (χ2n) is 3.65. The number of hydrogen-bond donors (Lipinski definition) is 2. The number of carbonyl (C=O) groups is 1. The molecule has 100 valence electrons. The lowest BCUT2D eigenvalue weighted by Crippen LogP contribution is -2.48. The Balaban J connectivity index is 2.11. The fourth-order valence-electron chi connectivity index (χ4n) is 1.45. The molecule has 9 heteroatoms. The molecule has 0 aromatic carbocycles. The number of carboxylic acids is 1. The maximum Gasteiger partial charge on any atom is 0.345 e. The van der Waals surface area contributed by atoms with Crippen molar-refractivity contribution in [3.8, 4) is 0 Å². The van der Waals surface area contributed by atoms with Gasteiger partial charge in [-0.3, -0.25) is 0 Å². The summed E-state index contributed by atoms with van der Waals surface area (Å²) in [6.07, 6.45) is 0. The topological polar surface area (TPSA) is 95.9 Å². The minimum Gasteiger partial charge on any atom is -0.477 e. The van der Waals surface area contributed by atoms with E-state index in [4.69, 9.17) is 9.84 Å². The van der Waals surface area contributed by atoms with Crippen molar-refractivity contribution in [3.05, 3.63) is 16.3 Å². The highest BCUT2D eigenvalue weighted by atomic mass is 32.2. The summed E-state index contributed by atoms with van der Waals surface area (Å²) in [5.41, 5.74) is 0. The predicted molar refractivity (Wildman–Crippen MR) is 64.0 cm³/mol. The van der Waals surface area contributed by atoms with E-state index in [1.54, 1.807) is 0 Å². The highest BCUT2D eigenvalue weighted by Gasteiger charge is 2.22. The Morgan fingerprint density at radius 3 is 2.67 bits per heavy atom. The van der Waals surface area contributed by atoms with Crippen molar-refractivity contribution in [2.45, 2.75) is 4.90 Å². The molecule has 1 aliphatic rings. The first-order valence-corrected chi connectivity index (χ1v) is 7.52. The van der Waals surface area contributed by atoms with Gasteiger partial charge in [0.2, 0.25) is 0 Å². The van der Waals surface area contributed by atoms with Gasteiger partial charge in [0.1, 0.15) is 4.88 Å². The summed E-state index contributed by atoms with van der Waals surface area (Å²) in [4.78, 5) is 13.1. The second-order valence-corrected chi connectivity index (χ2v) is 6.22. The third-order valence-corrected chi connectivity index (χ3v) is 4.78. The summed E-state index contributed by atoms with van der Waals surface area (Å²) in [6.45, 7) is 1.86. The molecule has 0 spiro atoms. The quantitative estimate of drug-likeness (QED) is 0.809. The van der Waals surface area contributed by atoms with Crippen LogP contribution in [0.5, 0.6) is 0 Å². The van der Waals surface area contributed by atoms with Crippen LogP contribution in [0, 0.1) is 0 Å². The van der Waals surface area contributed by atoms with Gasteiger partial charge in [0.05, 0.1) is 18.1 Å². The van der Waals surface area contributed by atoms with Crippen LogP contribution >= 0.6 is 11.3 Å². The molecule has 1 saturated heterocycles. The highest BCUT2D eigenvalue weighted by molar-refractivity contribution is 7.89. The predicted octanol–water partition coefficient (Wildman–Crippen LogP) is -0.0282. The Morgan fingerprint density at radius 1 is 1.44 bits per heavy atom. The van der Waals surface area contributed by atoms with Crippen LogP contribution in [0.3, 0.4) is 0 Å². The monoisotopic (exact) mass is 292 g/mol. The maximum absolute atomic E-state index is 12.0. The van der Waals surface area contributed by atoms with Crippen LogP contribution in [0.1, 0.15) is 9.67 Å². The molecule has 0 atom stereocenters. The van der Waals surface area contributed by atoms with E-state index in [1.165, 1.54) is 10.4 Å². The van der Waals surface area contributed by atoms with E-state index in [1.807, 2.05) is 0 Å². The molecule has 0 amide bonds. The van der Waals surface area contributed by atoms with Gasteiger partial charge in [-0.2, -0.15) is 0 Å². The molecular formula is C9H12N2O5S2. The Labute approximate surface area is 108 Å². The summed E-state index contributed by atoms with van der Waals surface area (Å²) < 4.78 is 29.0. The third kappa shape index (κ3) is 3.06. The Kier molecular flexibility index (Phi) is 3.97. The standard InChI is InChI=1S/C9H12N2O5S2/c12-9(13)8-5-7(6-17-8)18(14,15)10-11-1-3-16-4-2-11/h5-6,10H,1-4H2,(H,12,13). The molecule has 2 rings (SSSR count). The summed E-state index contributed by atoms with van der Waals surface area (Å²) in [5.74, 6) is -1.13. The molecule has 18 heavy (non-hydrogen) atoms. The van der Waals surface area contributed by atoms with Crippen LogP contribution < -0.4 is 4.83 Å². The van der Waals surface area contributed by atoms with Crippen LogP contribution in [0.2, 0.25) is 0 Å². The number of sulfonamides is 1. The first-order chi connectivity index (χ1) is 8.49. The van der Waals surface area contributed by atoms with Gasteiger partial charge >= 0.3 is 5.97 Å². The lowest BCUT2D eigenvalue weighted by molar-refractivity contribution is 0.0272. The smallest absolute Gasteiger partial charge is 0.345 e. The van der Waals surface area contributed by atoms with Crippen LogP contribution in [0.4, 0.5) is 0 Å². The largest absolute Gasteiger partial charge is 0.477 e. The Morgan fingerprint density at radius 2 is 2.11 bits per heavy atom. The minimum absolute atomic E-state index is 0.00245. The van der Waals surface area contributed by atoms with Crippen molar-refractivity contribution < 1.29 is 23.1 Å². The molecule has 1 aromatic heterocycles. The van der Waals surface area contributed by atoms with Crippen molar-refractivity contribution in [3.63, 3.8) is 0 Å². The van der Waals surface area contributed by atoms with Crippen LogP contribution in [-0.4, -0.2) is 50.8 Å². The molecule has 0 unspecified atom stereocenters. The zero-order chi connectivity index (χ0) is 13.2. The highest BCUT2D eigenvalue weighted by Crippen LogP contribution is 2.19. The fraction of sp³-hybridized carbons (Fsp3) is 0.444. The van der Waals surface area contributed by atoms with E-state index in [9.17, 15) is 13.2 Å². The molecule has 1 aliphatic heterocycles. The van der Waals surface area contributed by atoms with Crippen LogP contribution in [0.25, 0.3) is 0 Å². The van der Waals surface area contributed by atoms with Gasteiger partial charge in [0.15, 0.2) is 0 Å². The summed E-state index contributed by atoms with van der Waals surface area (Å²) in [7, 11) is -3.71. The number of aromatic carboxylic acids is 1. The first kappa shape index (κ1) is 13.4.